The minimum absolute atomic E-state index is 0.0472. The van der Waals surface area contributed by atoms with Crippen molar-refractivity contribution >= 4 is 40.0 Å². The highest BCUT2D eigenvalue weighted by Gasteiger charge is 2.32. The highest BCUT2D eigenvalue weighted by molar-refractivity contribution is 6.42. The number of benzene rings is 3. The number of halogens is 2. The number of likely N-dealkylation sites (tertiary alicyclic amines) is 1. The summed E-state index contributed by atoms with van der Waals surface area (Å²) in [4.78, 5) is 20.2. The van der Waals surface area contributed by atoms with Crippen molar-refractivity contribution in [3.8, 4) is 0 Å². The van der Waals surface area contributed by atoms with Crippen molar-refractivity contribution in [3.63, 3.8) is 0 Å². The van der Waals surface area contributed by atoms with E-state index in [1.54, 1.807) is 0 Å². The Morgan fingerprint density at radius 2 is 1.78 bits per heavy atom. The molecule has 0 bridgehead atoms. The Labute approximate surface area is 228 Å². The summed E-state index contributed by atoms with van der Waals surface area (Å²) >= 11 is 12.5. The number of hydrogen-bond donors (Lipinski definition) is 1. The van der Waals surface area contributed by atoms with Gasteiger partial charge in [-0.3, -0.25) is 9.78 Å². The molecule has 2 heterocycles. The molecule has 3 aromatic carbocycles. The van der Waals surface area contributed by atoms with Crippen LogP contribution in [0.15, 0.2) is 72.9 Å². The van der Waals surface area contributed by atoms with Gasteiger partial charge in [0, 0.05) is 42.3 Å². The summed E-state index contributed by atoms with van der Waals surface area (Å²) < 4.78 is 0. The van der Waals surface area contributed by atoms with Crippen LogP contribution in [0.25, 0.3) is 10.9 Å². The van der Waals surface area contributed by atoms with E-state index in [1.807, 2.05) is 62.5 Å². The summed E-state index contributed by atoms with van der Waals surface area (Å²) in [6.07, 6.45) is 4.36. The smallest absolute Gasteiger partial charge is 0.254 e. The predicted molar refractivity (Wildman–Crippen MR) is 153 cm³/mol. The predicted octanol–water partition coefficient (Wildman–Crippen LogP) is 7.16. The Hall–Kier alpha value is -2.92. The standard InChI is InChI=1S/C31H31Cl2N3O/c1-20-13-21(2)15-24(14-20)31(37)36-12-10-25(18-26(36)16-22-7-8-28(32)29(33)17-22)35-19-23-9-11-34-30-6-4-3-5-27(23)30/h3-9,11,13-15,17,25-26,35H,10,12,16,18-19H2,1-2H3/t25-,26+/m0/s1. The maximum absolute atomic E-state index is 13.7. The summed E-state index contributed by atoms with van der Waals surface area (Å²) in [5, 5.41) is 6.03. The van der Waals surface area contributed by atoms with Crippen LogP contribution < -0.4 is 5.32 Å². The van der Waals surface area contributed by atoms with Crippen molar-refractivity contribution in [3.05, 3.63) is 111 Å². The number of pyridine rings is 1. The highest BCUT2D eigenvalue weighted by atomic mass is 35.5. The number of nitrogens with one attached hydrogen (secondary N) is 1. The maximum Gasteiger partial charge on any atom is 0.254 e. The fourth-order valence-corrected chi connectivity index (χ4v) is 5.78. The fraction of sp³-hybridized carbons (Fsp3) is 0.290. The Balaban J connectivity index is 1.36. The zero-order valence-electron chi connectivity index (χ0n) is 21.2. The summed E-state index contributed by atoms with van der Waals surface area (Å²) in [5.41, 5.74) is 6.29. The van der Waals surface area contributed by atoms with Crippen molar-refractivity contribution < 1.29 is 4.79 Å². The molecular weight excluding hydrogens is 501 g/mol. The minimum atomic E-state index is 0.0472. The van der Waals surface area contributed by atoms with E-state index in [4.69, 9.17) is 23.2 Å². The summed E-state index contributed by atoms with van der Waals surface area (Å²) in [6, 6.07) is 22.5. The first-order valence-corrected chi connectivity index (χ1v) is 13.5. The van der Waals surface area contributed by atoms with Gasteiger partial charge in [0.2, 0.25) is 0 Å². The second kappa shape index (κ2) is 11.2. The Kier molecular flexibility index (Phi) is 7.80. The van der Waals surface area contributed by atoms with E-state index in [9.17, 15) is 4.79 Å². The molecule has 0 aliphatic carbocycles. The van der Waals surface area contributed by atoms with Crippen molar-refractivity contribution in [1.82, 2.24) is 15.2 Å². The number of aromatic nitrogens is 1. The molecule has 1 amide bonds. The molecule has 1 aromatic heterocycles. The lowest BCUT2D eigenvalue weighted by molar-refractivity contribution is 0.0576. The molecule has 0 saturated carbocycles. The molecule has 4 aromatic rings. The zero-order valence-corrected chi connectivity index (χ0v) is 22.7. The van der Waals surface area contributed by atoms with Gasteiger partial charge >= 0.3 is 0 Å². The van der Waals surface area contributed by atoms with Crippen LogP contribution in [0.1, 0.15) is 45.5 Å². The first kappa shape index (κ1) is 25.7. The lowest BCUT2D eigenvalue weighted by Gasteiger charge is -2.40. The molecule has 1 fully saturated rings. The van der Waals surface area contributed by atoms with E-state index in [2.05, 4.69) is 39.5 Å². The van der Waals surface area contributed by atoms with Crippen LogP contribution in [-0.4, -0.2) is 34.4 Å². The lowest BCUT2D eigenvalue weighted by Crippen LogP contribution is -2.51. The van der Waals surface area contributed by atoms with Gasteiger partial charge in [0.05, 0.1) is 15.6 Å². The number of carbonyl (C=O) groups excluding carboxylic acids is 1. The quantitative estimate of drug-likeness (QED) is 0.287. The largest absolute Gasteiger partial charge is 0.335 e. The van der Waals surface area contributed by atoms with Crippen LogP contribution in [0.5, 0.6) is 0 Å². The normalized spacial score (nSPS) is 17.8. The van der Waals surface area contributed by atoms with E-state index < -0.39 is 0 Å². The lowest BCUT2D eigenvalue weighted by atomic mass is 9.91. The zero-order chi connectivity index (χ0) is 25.9. The van der Waals surface area contributed by atoms with Gasteiger partial charge in [-0.2, -0.15) is 0 Å². The number of aryl methyl sites for hydroxylation is 2. The Morgan fingerprint density at radius 3 is 2.57 bits per heavy atom. The molecule has 190 valence electrons. The van der Waals surface area contributed by atoms with Gasteiger partial charge in [0.15, 0.2) is 0 Å². The SMILES string of the molecule is Cc1cc(C)cc(C(=O)N2CC[C@H](NCc3ccnc4ccccc34)C[C@H]2Cc2ccc(Cl)c(Cl)c2)c1. The molecule has 1 aliphatic heterocycles. The Bertz CT molecular complexity index is 1410. The van der Waals surface area contributed by atoms with Crippen molar-refractivity contribution in [2.24, 2.45) is 0 Å². The third-order valence-corrected chi connectivity index (χ3v) is 7.96. The molecule has 0 unspecified atom stereocenters. The number of para-hydroxylation sites is 1. The van der Waals surface area contributed by atoms with E-state index in [0.717, 1.165) is 53.6 Å². The number of nitrogens with zero attached hydrogens (tertiary/aromatic N) is 2. The molecule has 0 radical (unpaired) electrons. The van der Waals surface area contributed by atoms with Crippen LogP contribution in [0.2, 0.25) is 10.0 Å². The molecule has 0 spiro atoms. The highest BCUT2D eigenvalue weighted by Crippen LogP contribution is 2.28. The topological polar surface area (TPSA) is 45.2 Å². The number of amides is 1. The number of piperidine rings is 1. The van der Waals surface area contributed by atoms with Crippen molar-refractivity contribution in [2.75, 3.05) is 6.54 Å². The number of hydrogen-bond acceptors (Lipinski definition) is 3. The second-order valence-corrected chi connectivity index (χ2v) is 10.9. The molecule has 4 nitrogen and oxygen atoms in total. The molecule has 2 atom stereocenters. The van der Waals surface area contributed by atoms with Crippen molar-refractivity contribution in [1.29, 1.82) is 0 Å². The van der Waals surface area contributed by atoms with Gasteiger partial charge in [0.1, 0.15) is 0 Å². The molecule has 1 saturated heterocycles. The molecular formula is C31H31Cl2N3O. The van der Waals surface area contributed by atoms with Gasteiger partial charge in [-0.1, -0.05) is 64.7 Å². The third-order valence-electron chi connectivity index (χ3n) is 7.22. The Morgan fingerprint density at radius 1 is 1.00 bits per heavy atom. The maximum atomic E-state index is 13.7. The molecule has 5 rings (SSSR count). The van der Waals surface area contributed by atoms with Gasteiger partial charge in [0.25, 0.3) is 5.91 Å². The first-order valence-electron chi connectivity index (χ1n) is 12.8. The first-order chi connectivity index (χ1) is 17.9. The number of carbonyl (C=O) groups is 1. The van der Waals surface area contributed by atoms with Gasteiger partial charge in [-0.25, -0.2) is 0 Å². The van der Waals surface area contributed by atoms with Crippen LogP contribution in [-0.2, 0) is 13.0 Å². The molecule has 1 aliphatic rings. The van der Waals surface area contributed by atoms with Gasteiger partial charge in [-0.15, -0.1) is 0 Å². The van der Waals surface area contributed by atoms with Crippen LogP contribution >= 0.6 is 23.2 Å². The van der Waals surface area contributed by atoms with Crippen LogP contribution in [0, 0.1) is 13.8 Å². The average Bonchev–Trinajstić information content (AvgIpc) is 2.89. The number of fused-ring (bicyclic) bond motifs is 1. The molecule has 1 N–H and O–H groups in total. The van der Waals surface area contributed by atoms with E-state index in [-0.39, 0.29) is 11.9 Å². The van der Waals surface area contributed by atoms with Crippen LogP contribution in [0.4, 0.5) is 0 Å². The average molecular weight is 533 g/mol. The fourth-order valence-electron chi connectivity index (χ4n) is 5.46. The number of rotatable bonds is 6. The summed E-state index contributed by atoms with van der Waals surface area (Å²) in [5.74, 6) is 0.0930. The van der Waals surface area contributed by atoms with Crippen molar-refractivity contribution in [2.45, 2.75) is 51.7 Å². The monoisotopic (exact) mass is 531 g/mol. The third kappa shape index (κ3) is 5.98. The van der Waals surface area contributed by atoms with E-state index >= 15 is 0 Å². The molecule has 6 heteroatoms. The summed E-state index contributed by atoms with van der Waals surface area (Å²) in [6.45, 7) is 5.54. The van der Waals surface area contributed by atoms with Crippen LogP contribution in [0.3, 0.4) is 0 Å². The van der Waals surface area contributed by atoms with E-state index in [0.29, 0.717) is 22.6 Å². The second-order valence-electron chi connectivity index (χ2n) is 10.1. The van der Waals surface area contributed by atoms with Gasteiger partial charge < -0.3 is 10.2 Å². The van der Waals surface area contributed by atoms with Gasteiger partial charge in [-0.05, 0) is 80.6 Å². The minimum Gasteiger partial charge on any atom is -0.335 e. The molecule has 37 heavy (non-hydrogen) atoms. The summed E-state index contributed by atoms with van der Waals surface area (Å²) in [7, 11) is 0. The van der Waals surface area contributed by atoms with E-state index in [1.165, 1.54) is 10.9 Å².